The molecule has 1 heterocycles. The van der Waals surface area contributed by atoms with Gasteiger partial charge in [-0.2, -0.15) is 5.10 Å². The zero-order valence-corrected chi connectivity index (χ0v) is 9.21. The first kappa shape index (κ1) is 10.6. The second kappa shape index (κ2) is 5.26. The number of rotatable bonds is 7. The van der Waals surface area contributed by atoms with Crippen molar-refractivity contribution in [2.45, 2.75) is 50.9 Å². The second-order valence-corrected chi connectivity index (χ2v) is 4.37. The summed E-state index contributed by atoms with van der Waals surface area (Å²) in [6.45, 7) is 0.814. The Kier molecular flexibility index (Phi) is 3.72. The number of H-pyrrole nitrogens is 1. The summed E-state index contributed by atoms with van der Waals surface area (Å²) in [6, 6.07) is 0. The van der Waals surface area contributed by atoms with Gasteiger partial charge in [0, 0.05) is 12.3 Å². The van der Waals surface area contributed by atoms with E-state index in [9.17, 15) is 0 Å². The zero-order chi connectivity index (χ0) is 10.5. The van der Waals surface area contributed by atoms with Crippen molar-refractivity contribution in [1.29, 1.82) is 0 Å². The van der Waals surface area contributed by atoms with Crippen LogP contribution in [0.15, 0.2) is 0 Å². The molecule has 0 spiro atoms. The maximum Gasteiger partial charge on any atom is 0.153 e. The molecule has 1 fully saturated rings. The monoisotopic (exact) mass is 208 g/mol. The minimum absolute atomic E-state index is 0.659. The molecule has 15 heavy (non-hydrogen) atoms. The van der Waals surface area contributed by atoms with Gasteiger partial charge in [-0.25, -0.2) is 4.98 Å². The van der Waals surface area contributed by atoms with Gasteiger partial charge in [-0.3, -0.25) is 5.10 Å². The minimum Gasteiger partial charge on any atom is -0.330 e. The fraction of sp³-hybridized carbons (Fsp3) is 0.818. The molecule has 0 atom stereocenters. The number of nitrogens with zero attached hydrogens (tertiary/aromatic N) is 2. The number of aromatic nitrogens is 3. The predicted octanol–water partition coefficient (Wildman–Crippen LogP) is 1.74. The van der Waals surface area contributed by atoms with Gasteiger partial charge in [0.25, 0.3) is 0 Å². The molecular formula is C11H20N4. The van der Waals surface area contributed by atoms with Crippen LogP contribution in [0.2, 0.25) is 0 Å². The highest BCUT2D eigenvalue weighted by Gasteiger charge is 2.27. The molecule has 3 N–H and O–H groups in total. The van der Waals surface area contributed by atoms with Crippen molar-refractivity contribution in [3.8, 4) is 0 Å². The highest BCUT2D eigenvalue weighted by atomic mass is 15.2. The first-order valence-corrected chi connectivity index (χ1v) is 6.01. The van der Waals surface area contributed by atoms with Gasteiger partial charge in [0.2, 0.25) is 0 Å². The van der Waals surface area contributed by atoms with E-state index in [-0.39, 0.29) is 0 Å². The Labute approximate surface area is 90.7 Å². The smallest absolute Gasteiger partial charge is 0.153 e. The van der Waals surface area contributed by atoms with Crippen molar-refractivity contribution in [2.24, 2.45) is 5.73 Å². The van der Waals surface area contributed by atoms with E-state index in [0.29, 0.717) is 5.92 Å². The van der Waals surface area contributed by atoms with Gasteiger partial charge in [-0.1, -0.05) is 12.8 Å². The lowest BCUT2D eigenvalue weighted by molar-refractivity contribution is 0.636. The maximum atomic E-state index is 5.44. The summed E-state index contributed by atoms with van der Waals surface area (Å²) in [7, 11) is 0. The number of hydrogen-bond acceptors (Lipinski definition) is 3. The standard InChI is InChI=1S/C11H20N4/c12-8-4-2-1-3-5-10-13-11(15-14-10)9-6-7-9/h9H,1-8,12H2,(H,13,14,15). The zero-order valence-electron chi connectivity index (χ0n) is 9.21. The molecule has 1 aromatic rings. The first-order valence-electron chi connectivity index (χ1n) is 6.01. The Morgan fingerprint density at radius 3 is 2.73 bits per heavy atom. The molecule has 0 saturated heterocycles. The molecule has 1 saturated carbocycles. The second-order valence-electron chi connectivity index (χ2n) is 4.37. The van der Waals surface area contributed by atoms with Crippen molar-refractivity contribution in [1.82, 2.24) is 15.2 Å². The Hall–Kier alpha value is -0.900. The van der Waals surface area contributed by atoms with Crippen LogP contribution in [-0.4, -0.2) is 21.7 Å². The lowest BCUT2D eigenvalue weighted by Gasteiger charge is -1.97. The molecule has 0 radical (unpaired) electrons. The average molecular weight is 208 g/mol. The topological polar surface area (TPSA) is 67.6 Å². The summed E-state index contributed by atoms with van der Waals surface area (Å²) in [5.74, 6) is 2.75. The van der Waals surface area contributed by atoms with Gasteiger partial charge < -0.3 is 5.73 Å². The third kappa shape index (κ3) is 3.30. The van der Waals surface area contributed by atoms with Crippen LogP contribution in [0.3, 0.4) is 0 Å². The molecular weight excluding hydrogens is 188 g/mol. The van der Waals surface area contributed by atoms with Crippen molar-refractivity contribution < 1.29 is 0 Å². The Morgan fingerprint density at radius 1 is 1.20 bits per heavy atom. The van der Waals surface area contributed by atoms with Gasteiger partial charge in [0.05, 0.1) is 0 Å². The van der Waals surface area contributed by atoms with Crippen LogP contribution in [0.4, 0.5) is 0 Å². The number of hydrogen-bond donors (Lipinski definition) is 2. The van der Waals surface area contributed by atoms with Crippen LogP contribution in [0.1, 0.15) is 56.1 Å². The molecule has 1 aliphatic rings. The van der Waals surface area contributed by atoms with E-state index in [1.807, 2.05) is 0 Å². The summed E-state index contributed by atoms with van der Waals surface area (Å²) in [4.78, 5) is 4.50. The maximum absolute atomic E-state index is 5.44. The average Bonchev–Trinajstić information content (AvgIpc) is 2.99. The van der Waals surface area contributed by atoms with E-state index < -0.39 is 0 Å². The van der Waals surface area contributed by atoms with Crippen LogP contribution < -0.4 is 5.73 Å². The molecule has 0 bridgehead atoms. The van der Waals surface area contributed by atoms with Crippen molar-refractivity contribution in [3.05, 3.63) is 11.6 Å². The van der Waals surface area contributed by atoms with Crippen LogP contribution in [0, 0.1) is 0 Å². The van der Waals surface area contributed by atoms with Gasteiger partial charge in [0.15, 0.2) is 5.82 Å². The van der Waals surface area contributed by atoms with E-state index in [4.69, 9.17) is 5.73 Å². The van der Waals surface area contributed by atoms with Gasteiger partial charge >= 0.3 is 0 Å². The van der Waals surface area contributed by atoms with E-state index in [1.165, 1.54) is 32.1 Å². The highest BCUT2D eigenvalue weighted by molar-refractivity contribution is 5.04. The van der Waals surface area contributed by atoms with Gasteiger partial charge in [0.1, 0.15) is 5.82 Å². The molecule has 1 aromatic heterocycles. The molecule has 2 rings (SSSR count). The lowest BCUT2D eigenvalue weighted by atomic mass is 10.1. The molecule has 84 valence electrons. The number of unbranched alkanes of at least 4 members (excludes halogenated alkanes) is 3. The van der Waals surface area contributed by atoms with Crippen LogP contribution >= 0.6 is 0 Å². The summed E-state index contributed by atoms with van der Waals surface area (Å²) in [5, 5.41) is 7.27. The summed E-state index contributed by atoms with van der Waals surface area (Å²) < 4.78 is 0. The molecule has 1 aliphatic carbocycles. The van der Waals surface area contributed by atoms with Crippen molar-refractivity contribution >= 4 is 0 Å². The summed E-state index contributed by atoms with van der Waals surface area (Å²) in [5.41, 5.74) is 5.44. The normalized spacial score (nSPS) is 15.8. The fourth-order valence-electron chi connectivity index (χ4n) is 1.74. The third-order valence-corrected chi connectivity index (χ3v) is 2.86. The van der Waals surface area contributed by atoms with Crippen molar-refractivity contribution in [2.75, 3.05) is 6.54 Å². The molecule has 0 unspecified atom stereocenters. The van der Waals surface area contributed by atoms with Crippen LogP contribution in [0.5, 0.6) is 0 Å². The Morgan fingerprint density at radius 2 is 2.00 bits per heavy atom. The molecule has 0 amide bonds. The van der Waals surface area contributed by atoms with Crippen LogP contribution in [-0.2, 0) is 6.42 Å². The van der Waals surface area contributed by atoms with E-state index >= 15 is 0 Å². The summed E-state index contributed by atoms with van der Waals surface area (Å²) >= 11 is 0. The minimum atomic E-state index is 0.659. The molecule has 4 nitrogen and oxygen atoms in total. The quantitative estimate of drug-likeness (QED) is 0.671. The third-order valence-electron chi connectivity index (χ3n) is 2.86. The number of nitrogens with two attached hydrogens (primary N) is 1. The molecule has 0 aromatic carbocycles. The van der Waals surface area contributed by atoms with Crippen LogP contribution in [0.25, 0.3) is 0 Å². The van der Waals surface area contributed by atoms with Gasteiger partial charge in [-0.05, 0) is 32.2 Å². The highest BCUT2D eigenvalue weighted by Crippen LogP contribution is 2.37. The lowest BCUT2D eigenvalue weighted by Crippen LogP contribution is -1.98. The largest absolute Gasteiger partial charge is 0.330 e. The number of aromatic amines is 1. The fourth-order valence-corrected chi connectivity index (χ4v) is 1.74. The first-order chi connectivity index (χ1) is 7.40. The number of aryl methyl sites for hydroxylation is 1. The molecule has 4 heteroatoms. The Bertz CT molecular complexity index is 291. The predicted molar refractivity (Wildman–Crippen MR) is 59.6 cm³/mol. The SMILES string of the molecule is NCCCCCCc1nc(C2CC2)n[nH]1. The van der Waals surface area contributed by atoms with E-state index in [1.54, 1.807) is 0 Å². The van der Waals surface area contributed by atoms with Crippen molar-refractivity contribution in [3.63, 3.8) is 0 Å². The number of nitrogens with one attached hydrogen (secondary N) is 1. The Balaban J connectivity index is 1.64. The molecule has 0 aliphatic heterocycles. The summed E-state index contributed by atoms with van der Waals surface area (Å²) in [6.07, 6.45) is 8.39. The van der Waals surface area contributed by atoms with E-state index in [2.05, 4.69) is 15.2 Å². The van der Waals surface area contributed by atoms with E-state index in [0.717, 1.165) is 31.0 Å². The van der Waals surface area contributed by atoms with Gasteiger partial charge in [-0.15, -0.1) is 0 Å².